The van der Waals surface area contributed by atoms with Crippen molar-refractivity contribution in [2.24, 2.45) is 0 Å². The van der Waals surface area contributed by atoms with Crippen molar-refractivity contribution in [2.45, 2.75) is 43.6 Å². The van der Waals surface area contributed by atoms with Crippen LogP contribution in [0.1, 0.15) is 33.6 Å². The van der Waals surface area contributed by atoms with Gasteiger partial charge in [-0.05, 0) is 20.3 Å². The Balaban J connectivity index is 3.57. The molecule has 0 aliphatic rings. The van der Waals surface area contributed by atoms with Crippen molar-refractivity contribution >= 4 is 28.5 Å². The van der Waals surface area contributed by atoms with E-state index in [1.807, 2.05) is 13.8 Å². The minimum absolute atomic E-state index is 0.0758. The Hall–Kier alpha value is 0.200. The monoisotopic (exact) mass is 269 g/mol. The number of rotatable bonds is 4. The molecule has 0 spiro atoms. The van der Waals surface area contributed by atoms with Crippen LogP contribution in [-0.4, -0.2) is 15.9 Å². The van der Waals surface area contributed by atoms with Gasteiger partial charge in [0.2, 0.25) is 5.91 Å². The van der Waals surface area contributed by atoms with E-state index in [-0.39, 0.29) is 9.83 Å². The topological polar surface area (TPSA) is 29.1 Å². The second-order valence-corrected chi connectivity index (χ2v) is 4.68. The smallest absolute Gasteiger partial charge is 0.232 e. The van der Waals surface area contributed by atoms with Crippen LogP contribution < -0.4 is 5.32 Å². The third kappa shape index (κ3) is 5.47. The Kier molecular flexibility index (Phi) is 5.91. The van der Waals surface area contributed by atoms with Gasteiger partial charge < -0.3 is 5.32 Å². The average molecular weight is 269 g/mol. The number of hydrogen-bond acceptors (Lipinski definition) is 1. The zero-order valence-electron chi connectivity index (χ0n) is 7.36. The van der Waals surface area contributed by atoms with E-state index in [0.29, 0.717) is 6.04 Å². The van der Waals surface area contributed by atoms with Gasteiger partial charge in [-0.25, -0.2) is 0 Å². The van der Waals surface area contributed by atoms with Gasteiger partial charge in [0.15, 0.2) is 0 Å². The summed E-state index contributed by atoms with van der Waals surface area (Å²) in [5.41, 5.74) is 0. The predicted octanol–water partition coefficient (Wildman–Crippen LogP) is 2.11. The number of alkyl halides is 1. The lowest BCUT2D eigenvalue weighted by molar-refractivity contribution is -0.120. The molecule has 0 fully saturated rings. The fourth-order valence-corrected chi connectivity index (χ4v) is 1.04. The first kappa shape index (κ1) is 11.2. The van der Waals surface area contributed by atoms with Crippen molar-refractivity contribution in [1.82, 2.24) is 5.32 Å². The Labute approximate surface area is 82.3 Å². The molecule has 11 heavy (non-hydrogen) atoms. The van der Waals surface area contributed by atoms with Crippen molar-refractivity contribution in [3.8, 4) is 0 Å². The lowest BCUT2D eigenvalue weighted by atomic mass is 10.2. The normalized spacial score (nSPS) is 15.6. The van der Waals surface area contributed by atoms with Crippen LogP contribution in [-0.2, 0) is 4.79 Å². The highest BCUT2D eigenvalue weighted by Crippen LogP contribution is 2.00. The van der Waals surface area contributed by atoms with E-state index in [4.69, 9.17) is 0 Å². The molecule has 0 aliphatic heterocycles. The van der Waals surface area contributed by atoms with Gasteiger partial charge in [0.1, 0.15) is 0 Å². The number of amides is 1. The molecule has 3 heteroatoms. The van der Waals surface area contributed by atoms with E-state index in [1.54, 1.807) is 0 Å². The third-order valence-corrected chi connectivity index (χ3v) is 2.04. The minimum Gasteiger partial charge on any atom is -0.353 e. The number of hydrogen-bond donors (Lipinski definition) is 1. The summed E-state index contributed by atoms with van der Waals surface area (Å²) in [6, 6.07) is 0.324. The molecule has 1 amide bonds. The molecule has 0 aromatic heterocycles. The Bertz CT molecular complexity index is 125. The molecule has 0 aromatic rings. The number of carbonyl (C=O) groups is 1. The van der Waals surface area contributed by atoms with E-state index in [1.165, 1.54) is 0 Å². The van der Waals surface area contributed by atoms with E-state index in [0.717, 1.165) is 12.8 Å². The zero-order valence-corrected chi connectivity index (χ0v) is 9.51. The maximum atomic E-state index is 11.1. The molecular weight excluding hydrogens is 253 g/mol. The third-order valence-electron chi connectivity index (χ3n) is 1.47. The van der Waals surface area contributed by atoms with Gasteiger partial charge in [-0.3, -0.25) is 4.79 Å². The first-order valence-corrected chi connectivity index (χ1v) is 5.27. The van der Waals surface area contributed by atoms with Crippen LogP contribution in [0.5, 0.6) is 0 Å². The SMILES string of the molecule is CCCC(C)NC(=O)C(C)I. The Morgan fingerprint density at radius 2 is 2.09 bits per heavy atom. The molecule has 0 saturated carbocycles. The second-order valence-electron chi connectivity index (χ2n) is 2.81. The number of nitrogens with one attached hydrogen (secondary N) is 1. The van der Waals surface area contributed by atoms with E-state index in [2.05, 4.69) is 34.8 Å². The first-order valence-electron chi connectivity index (χ1n) is 4.02. The molecular formula is C8H16INO. The maximum absolute atomic E-state index is 11.1. The average Bonchev–Trinajstić information content (AvgIpc) is 1.87. The molecule has 2 atom stereocenters. The van der Waals surface area contributed by atoms with E-state index < -0.39 is 0 Å². The van der Waals surface area contributed by atoms with Gasteiger partial charge in [-0.15, -0.1) is 0 Å². The highest BCUT2D eigenvalue weighted by atomic mass is 127. The summed E-state index contributed by atoms with van der Waals surface area (Å²) in [7, 11) is 0. The highest BCUT2D eigenvalue weighted by Gasteiger charge is 2.10. The fourth-order valence-electron chi connectivity index (χ4n) is 0.863. The van der Waals surface area contributed by atoms with Crippen molar-refractivity contribution in [3.63, 3.8) is 0 Å². The van der Waals surface area contributed by atoms with Crippen LogP contribution in [0.4, 0.5) is 0 Å². The van der Waals surface area contributed by atoms with Gasteiger partial charge in [0.05, 0.1) is 3.92 Å². The van der Waals surface area contributed by atoms with Gasteiger partial charge in [-0.1, -0.05) is 35.9 Å². The molecule has 0 bridgehead atoms. The van der Waals surface area contributed by atoms with Crippen LogP contribution in [0.15, 0.2) is 0 Å². The summed E-state index contributed by atoms with van der Waals surface area (Å²) in [4.78, 5) is 11.1. The van der Waals surface area contributed by atoms with Gasteiger partial charge >= 0.3 is 0 Å². The van der Waals surface area contributed by atoms with Gasteiger partial charge in [-0.2, -0.15) is 0 Å². The lowest BCUT2D eigenvalue weighted by Gasteiger charge is -2.13. The van der Waals surface area contributed by atoms with Crippen molar-refractivity contribution in [3.05, 3.63) is 0 Å². The molecule has 0 rings (SSSR count). The van der Waals surface area contributed by atoms with Crippen LogP contribution in [0.25, 0.3) is 0 Å². The Morgan fingerprint density at radius 1 is 1.55 bits per heavy atom. The number of halogens is 1. The fraction of sp³-hybridized carbons (Fsp3) is 0.875. The molecule has 0 saturated heterocycles. The van der Waals surface area contributed by atoms with E-state index >= 15 is 0 Å². The highest BCUT2D eigenvalue weighted by molar-refractivity contribution is 14.1. The van der Waals surface area contributed by atoms with Crippen LogP contribution >= 0.6 is 22.6 Å². The zero-order chi connectivity index (χ0) is 8.85. The van der Waals surface area contributed by atoms with Crippen molar-refractivity contribution < 1.29 is 4.79 Å². The molecule has 0 aliphatic carbocycles. The molecule has 0 aromatic carbocycles. The number of carbonyl (C=O) groups excluding carboxylic acids is 1. The van der Waals surface area contributed by atoms with E-state index in [9.17, 15) is 4.79 Å². The first-order chi connectivity index (χ1) is 5.07. The summed E-state index contributed by atoms with van der Waals surface area (Å²) >= 11 is 2.12. The van der Waals surface area contributed by atoms with Crippen LogP contribution in [0.3, 0.4) is 0 Å². The lowest BCUT2D eigenvalue weighted by Crippen LogP contribution is -2.36. The summed E-state index contributed by atoms with van der Waals surface area (Å²) in [6.45, 7) is 6.06. The predicted molar refractivity (Wildman–Crippen MR) is 56.0 cm³/mol. The summed E-state index contributed by atoms with van der Waals surface area (Å²) < 4.78 is 0.0758. The molecule has 2 unspecified atom stereocenters. The molecule has 2 nitrogen and oxygen atoms in total. The van der Waals surface area contributed by atoms with Crippen LogP contribution in [0.2, 0.25) is 0 Å². The summed E-state index contributed by atoms with van der Waals surface area (Å²) in [5, 5.41) is 2.93. The molecule has 0 heterocycles. The molecule has 0 radical (unpaired) electrons. The summed E-state index contributed by atoms with van der Waals surface area (Å²) in [5.74, 6) is 0.145. The minimum atomic E-state index is 0.0758. The quantitative estimate of drug-likeness (QED) is 0.614. The van der Waals surface area contributed by atoms with Crippen molar-refractivity contribution in [2.75, 3.05) is 0 Å². The van der Waals surface area contributed by atoms with Crippen molar-refractivity contribution in [1.29, 1.82) is 0 Å². The van der Waals surface area contributed by atoms with Gasteiger partial charge in [0, 0.05) is 6.04 Å². The molecule has 66 valence electrons. The standard InChI is InChI=1S/C8H16INO/c1-4-5-6(2)10-8(11)7(3)9/h6-7H,4-5H2,1-3H3,(H,10,11). The summed E-state index contributed by atoms with van der Waals surface area (Å²) in [6.07, 6.45) is 2.19. The Morgan fingerprint density at radius 3 is 2.45 bits per heavy atom. The second kappa shape index (κ2) is 5.80. The largest absolute Gasteiger partial charge is 0.353 e. The molecule has 1 N–H and O–H groups in total. The van der Waals surface area contributed by atoms with Crippen LogP contribution in [0, 0.1) is 0 Å². The van der Waals surface area contributed by atoms with Gasteiger partial charge in [0.25, 0.3) is 0 Å². The maximum Gasteiger partial charge on any atom is 0.232 e.